The molecular weight excluding hydrogens is 241 g/mol. The highest BCUT2D eigenvalue weighted by Crippen LogP contribution is 2.17. The number of allylic oxidation sites excluding steroid dienone is 7. The predicted molar refractivity (Wildman–Crippen MR) is 81.1 cm³/mol. The Hall–Kier alpha value is -1.24. The Kier molecular flexibility index (Phi) is 7.24. The maximum atomic E-state index is 12.2. The summed E-state index contributed by atoms with van der Waals surface area (Å²) in [7, 11) is 0.675. The molecule has 1 unspecified atom stereocenters. The van der Waals surface area contributed by atoms with Gasteiger partial charge in [-0.15, -0.1) is 6.58 Å². The van der Waals surface area contributed by atoms with E-state index in [2.05, 4.69) is 18.2 Å². The van der Waals surface area contributed by atoms with Crippen LogP contribution in [0.4, 0.5) is 0 Å². The molecular formula is C15H20NOP. The van der Waals surface area contributed by atoms with Crippen molar-refractivity contribution >= 4 is 14.5 Å². The summed E-state index contributed by atoms with van der Waals surface area (Å²) in [4.78, 5) is 12.2. The van der Waals surface area contributed by atoms with E-state index in [4.69, 9.17) is 0 Å². The number of hydrogen-bond donors (Lipinski definition) is 0. The van der Waals surface area contributed by atoms with Gasteiger partial charge in [0.1, 0.15) is 0 Å². The standard InChI is InChI=1S/C15H20NOP/c1-3-12-16(18-4-2)13-15(17)14-10-8-6-5-7-9-11-14/h3,5-11,18H,1,4,12-13H2,2H3. The number of carbonyl (C=O) groups is 1. The Morgan fingerprint density at radius 2 is 2.06 bits per heavy atom. The average molecular weight is 261 g/mol. The molecule has 0 N–H and O–H groups in total. The first-order valence-corrected chi connectivity index (χ1v) is 7.27. The second-order valence-electron chi connectivity index (χ2n) is 3.85. The largest absolute Gasteiger partial charge is 0.293 e. The lowest BCUT2D eigenvalue weighted by atomic mass is 10.1. The van der Waals surface area contributed by atoms with Crippen LogP contribution < -0.4 is 0 Å². The van der Waals surface area contributed by atoms with Crippen LogP contribution in [0.3, 0.4) is 0 Å². The molecule has 2 nitrogen and oxygen atoms in total. The zero-order valence-electron chi connectivity index (χ0n) is 10.8. The van der Waals surface area contributed by atoms with Crippen molar-refractivity contribution < 1.29 is 4.79 Å². The lowest BCUT2D eigenvalue weighted by Gasteiger charge is -2.18. The van der Waals surface area contributed by atoms with Gasteiger partial charge in [0.25, 0.3) is 0 Å². The zero-order valence-corrected chi connectivity index (χ0v) is 11.8. The summed E-state index contributed by atoms with van der Waals surface area (Å²) in [6.45, 7) is 7.09. The van der Waals surface area contributed by atoms with Crippen LogP contribution in [0, 0.1) is 0 Å². The van der Waals surface area contributed by atoms with Gasteiger partial charge in [0, 0.05) is 12.1 Å². The van der Waals surface area contributed by atoms with Gasteiger partial charge in [0.05, 0.1) is 6.54 Å². The van der Waals surface area contributed by atoms with Crippen LogP contribution in [0.15, 0.2) is 60.8 Å². The number of hydrogen-bond acceptors (Lipinski definition) is 2. The summed E-state index contributed by atoms with van der Waals surface area (Å²) < 4.78 is 2.14. The van der Waals surface area contributed by atoms with Crippen molar-refractivity contribution in [3.63, 3.8) is 0 Å². The van der Waals surface area contributed by atoms with E-state index < -0.39 is 0 Å². The van der Waals surface area contributed by atoms with Gasteiger partial charge in [0.15, 0.2) is 5.78 Å². The first-order valence-electron chi connectivity index (χ1n) is 6.12. The molecule has 96 valence electrons. The Morgan fingerprint density at radius 3 is 2.78 bits per heavy atom. The smallest absolute Gasteiger partial charge is 0.177 e. The molecule has 0 aromatic heterocycles. The van der Waals surface area contributed by atoms with E-state index in [1.165, 1.54) is 0 Å². The highest BCUT2D eigenvalue weighted by atomic mass is 31.1. The molecule has 1 aliphatic rings. The second-order valence-corrected chi connectivity index (χ2v) is 5.51. The number of rotatable bonds is 7. The molecule has 3 heteroatoms. The second kappa shape index (κ2) is 8.79. The Bertz CT molecular complexity index is 405. The normalized spacial score (nSPS) is 14.9. The van der Waals surface area contributed by atoms with Crippen LogP contribution in [0.25, 0.3) is 0 Å². The summed E-state index contributed by atoms with van der Waals surface area (Å²) in [5.74, 6) is 0.161. The summed E-state index contributed by atoms with van der Waals surface area (Å²) in [5.41, 5.74) is 0.755. The number of Topliss-reactive ketones (excluding diaryl/α,β-unsaturated/α-hetero) is 1. The molecule has 1 atom stereocenters. The minimum absolute atomic E-state index is 0.161. The molecule has 0 aromatic carbocycles. The number of carbonyl (C=O) groups excluding carboxylic acids is 1. The Balaban J connectivity index is 2.65. The van der Waals surface area contributed by atoms with Crippen molar-refractivity contribution in [3.8, 4) is 0 Å². The van der Waals surface area contributed by atoms with Crippen molar-refractivity contribution in [2.45, 2.75) is 6.92 Å². The third-order valence-electron chi connectivity index (χ3n) is 2.38. The summed E-state index contributed by atoms with van der Waals surface area (Å²) in [6.07, 6.45) is 16.2. The first kappa shape index (κ1) is 14.8. The van der Waals surface area contributed by atoms with E-state index in [9.17, 15) is 4.79 Å². The average Bonchev–Trinajstić information content (AvgIpc) is 2.28. The van der Waals surface area contributed by atoms with E-state index in [-0.39, 0.29) is 5.78 Å². The van der Waals surface area contributed by atoms with Crippen molar-refractivity contribution in [2.75, 3.05) is 19.3 Å². The van der Waals surface area contributed by atoms with Crippen LogP contribution in [0.5, 0.6) is 0 Å². The quantitative estimate of drug-likeness (QED) is 0.518. The number of ketones is 1. The van der Waals surface area contributed by atoms with Crippen LogP contribution in [0.2, 0.25) is 0 Å². The molecule has 0 heterocycles. The molecule has 0 saturated carbocycles. The van der Waals surface area contributed by atoms with Gasteiger partial charge in [-0.3, -0.25) is 9.46 Å². The fourth-order valence-electron chi connectivity index (χ4n) is 1.58. The van der Waals surface area contributed by atoms with Gasteiger partial charge >= 0.3 is 0 Å². The van der Waals surface area contributed by atoms with Gasteiger partial charge in [-0.1, -0.05) is 64.3 Å². The third kappa shape index (κ3) is 5.39. The fraction of sp³-hybridized carbons (Fsp3) is 0.267. The molecule has 0 saturated heterocycles. The van der Waals surface area contributed by atoms with Gasteiger partial charge < -0.3 is 0 Å². The lowest BCUT2D eigenvalue weighted by molar-refractivity contribution is -0.115. The summed E-state index contributed by atoms with van der Waals surface area (Å²) >= 11 is 0. The topological polar surface area (TPSA) is 20.3 Å². The van der Waals surface area contributed by atoms with Crippen LogP contribution in [-0.2, 0) is 4.79 Å². The van der Waals surface area contributed by atoms with Crippen LogP contribution in [0.1, 0.15) is 6.92 Å². The molecule has 0 bridgehead atoms. The molecule has 0 radical (unpaired) electrons. The van der Waals surface area contributed by atoms with E-state index in [1.807, 2.05) is 48.6 Å². The van der Waals surface area contributed by atoms with E-state index in [0.29, 0.717) is 15.3 Å². The van der Waals surface area contributed by atoms with E-state index in [0.717, 1.165) is 18.3 Å². The molecule has 0 fully saturated rings. The minimum Gasteiger partial charge on any atom is -0.293 e. The van der Waals surface area contributed by atoms with Gasteiger partial charge in [0.2, 0.25) is 0 Å². The van der Waals surface area contributed by atoms with Crippen LogP contribution >= 0.6 is 8.73 Å². The van der Waals surface area contributed by atoms with Crippen molar-refractivity contribution in [3.05, 3.63) is 60.8 Å². The fourth-order valence-corrected chi connectivity index (χ4v) is 2.54. The Labute approximate surface area is 111 Å². The highest BCUT2D eigenvalue weighted by molar-refractivity contribution is 7.35. The minimum atomic E-state index is 0.161. The maximum Gasteiger partial charge on any atom is 0.177 e. The molecule has 0 aromatic rings. The lowest BCUT2D eigenvalue weighted by Crippen LogP contribution is -2.24. The molecule has 1 rings (SSSR count). The van der Waals surface area contributed by atoms with Crippen molar-refractivity contribution in [1.29, 1.82) is 0 Å². The molecule has 0 aliphatic heterocycles. The molecule has 18 heavy (non-hydrogen) atoms. The molecule has 0 spiro atoms. The van der Waals surface area contributed by atoms with Crippen molar-refractivity contribution in [1.82, 2.24) is 4.67 Å². The molecule has 0 amide bonds. The van der Waals surface area contributed by atoms with Crippen molar-refractivity contribution in [2.24, 2.45) is 0 Å². The summed E-state index contributed by atoms with van der Waals surface area (Å²) in [6, 6.07) is 0. The van der Waals surface area contributed by atoms with E-state index >= 15 is 0 Å². The Morgan fingerprint density at radius 1 is 1.33 bits per heavy atom. The SMILES string of the molecule is C=CCN(CC(=O)C1=CC=CC=CC=C1)PCC. The van der Waals surface area contributed by atoms with Gasteiger partial charge in [-0.2, -0.15) is 0 Å². The zero-order chi connectivity index (χ0) is 13.2. The third-order valence-corrected chi connectivity index (χ3v) is 3.49. The van der Waals surface area contributed by atoms with E-state index in [1.54, 1.807) is 0 Å². The van der Waals surface area contributed by atoms with Gasteiger partial charge in [-0.05, 0) is 6.16 Å². The molecule has 1 aliphatic carbocycles. The highest BCUT2D eigenvalue weighted by Gasteiger charge is 2.11. The number of nitrogens with zero attached hydrogens (tertiary/aromatic N) is 1. The maximum absolute atomic E-state index is 12.2. The monoisotopic (exact) mass is 261 g/mol. The van der Waals surface area contributed by atoms with Crippen LogP contribution in [-0.4, -0.2) is 29.7 Å². The first-order chi connectivity index (χ1) is 8.77. The predicted octanol–water partition coefficient (Wildman–Crippen LogP) is 3.27. The summed E-state index contributed by atoms with van der Waals surface area (Å²) in [5, 5.41) is 0. The van der Waals surface area contributed by atoms with Gasteiger partial charge in [-0.25, -0.2) is 0 Å².